The monoisotopic (exact) mass is 203 g/mol. The first-order chi connectivity index (χ1) is 6.62. The van der Waals surface area contributed by atoms with Crippen LogP contribution < -0.4 is 5.73 Å². The van der Waals surface area contributed by atoms with Crippen molar-refractivity contribution in [3.05, 3.63) is 0 Å². The first-order valence-corrected chi connectivity index (χ1v) is 5.48. The molecule has 0 unspecified atom stereocenters. The number of hydrogen-bond acceptors (Lipinski definition) is 3. The summed E-state index contributed by atoms with van der Waals surface area (Å²) < 4.78 is 10.7. The molecule has 0 saturated carbocycles. The lowest BCUT2D eigenvalue weighted by Gasteiger charge is -2.21. The lowest BCUT2D eigenvalue weighted by atomic mass is 9.90. The Hall–Kier alpha value is -0.120. The predicted molar refractivity (Wildman–Crippen MR) is 59.4 cm³/mol. The van der Waals surface area contributed by atoms with Crippen LogP contribution in [0.1, 0.15) is 33.6 Å². The maximum atomic E-state index is 5.61. The molecule has 86 valence electrons. The summed E-state index contributed by atoms with van der Waals surface area (Å²) >= 11 is 0. The van der Waals surface area contributed by atoms with Crippen molar-refractivity contribution < 1.29 is 9.47 Å². The second-order valence-electron chi connectivity index (χ2n) is 4.34. The van der Waals surface area contributed by atoms with Crippen molar-refractivity contribution in [2.45, 2.75) is 33.6 Å². The van der Waals surface area contributed by atoms with Crippen LogP contribution in [0.15, 0.2) is 0 Å². The molecule has 0 aliphatic carbocycles. The minimum absolute atomic E-state index is 0.199. The lowest BCUT2D eigenvalue weighted by molar-refractivity contribution is 0.0382. The predicted octanol–water partition coefficient (Wildman–Crippen LogP) is 1.80. The highest BCUT2D eigenvalue weighted by Crippen LogP contribution is 2.17. The van der Waals surface area contributed by atoms with Crippen LogP contribution in [0.25, 0.3) is 0 Å². The molecule has 0 bridgehead atoms. The van der Waals surface area contributed by atoms with Crippen LogP contribution in [0.3, 0.4) is 0 Å². The van der Waals surface area contributed by atoms with Gasteiger partial charge in [-0.15, -0.1) is 0 Å². The third-order valence-electron chi connectivity index (χ3n) is 2.20. The Morgan fingerprint density at radius 3 is 2.07 bits per heavy atom. The molecule has 0 aliphatic heterocycles. The smallest absolute Gasteiger partial charge is 0.0700 e. The van der Waals surface area contributed by atoms with Gasteiger partial charge in [0.1, 0.15) is 0 Å². The van der Waals surface area contributed by atoms with Crippen molar-refractivity contribution in [1.82, 2.24) is 0 Å². The van der Waals surface area contributed by atoms with Gasteiger partial charge in [-0.2, -0.15) is 0 Å². The van der Waals surface area contributed by atoms with E-state index in [1.54, 1.807) is 0 Å². The molecule has 0 heterocycles. The molecule has 3 heteroatoms. The summed E-state index contributed by atoms with van der Waals surface area (Å²) in [7, 11) is 0. The van der Waals surface area contributed by atoms with Crippen molar-refractivity contribution in [2.75, 3.05) is 33.0 Å². The van der Waals surface area contributed by atoms with Gasteiger partial charge in [0.25, 0.3) is 0 Å². The van der Waals surface area contributed by atoms with E-state index in [4.69, 9.17) is 15.2 Å². The molecule has 0 fully saturated rings. The fraction of sp³-hybridized carbons (Fsp3) is 1.00. The molecule has 0 aliphatic rings. The van der Waals surface area contributed by atoms with Crippen molar-refractivity contribution in [1.29, 1.82) is 0 Å². The normalized spacial score (nSPS) is 12.0. The molecular weight excluding hydrogens is 178 g/mol. The zero-order valence-electron chi connectivity index (χ0n) is 9.84. The Morgan fingerprint density at radius 1 is 1.00 bits per heavy atom. The summed E-state index contributed by atoms with van der Waals surface area (Å²) in [4.78, 5) is 0. The van der Waals surface area contributed by atoms with Crippen LogP contribution in [0.5, 0.6) is 0 Å². The van der Waals surface area contributed by atoms with E-state index in [1.165, 1.54) is 0 Å². The Bertz CT molecular complexity index is 126. The molecule has 0 spiro atoms. The Kier molecular flexibility index (Phi) is 8.14. The van der Waals surface area contributed by atoms with E-state index in [2.05, 4.69) is 20.8 Å². The maximum Gasteiger partial charge on any atom is 0.0700 e. The van der Waals surface area contributed by atoms with E-state index in [9.17, 15) is 0 Å². The molecule has 14 heavy (non-hydrogen) atoms. The molecule has 2 N–H and O–H groups in total. The summed E-state index contributed by atoms with van der Waals surface area (Å²) in [6.45, 7) is 10.1. The summed E-state index contributed by atoms with van der Waals surface area (Å²) in [5, 5.41) is 0. The Morgan fingerprint density at radius 2 is 1.57 bits per heavy atom. The molecule has 0 amide bonds. The van der Waals surface area contributed by atoms with Crippen LogP contribution in [0.4, 0.5) is 0 Å². The number of ether oxygens (including phenoxy) is 2. The topological polar surface area (TPSA) is 44.5 Å². The molecule has 0 rings (SSSR count). The average molecular weight is 203 g/mol. The second kappa shape index (κ2) is 8.21. The van der Waals surface area contributed by atoms with E-state index in [0.29, 0.717) is 19.8 Å². The molecule has 3 nitrogen and oxygen atoms in total. The van der Waals surface area contributed by atoms with Gasteiger partial charge in [-0.3, -0.25) is 0 Å². The van der Waals surface area contributed by atoms with Crippen molar-refractivity contribution >= 4 is 0 Å². The first kappa shape index (κ1) is 13.9. The second-order valence-corrected chi connectivity index (χ2v) is 4.34. The Labute approximate surface area is 88.0 Å². The third-order valence-corrected chi connectivity index (χ3v) is 2.20. The number of hydrogen-bond donors (Lipinski definition) is 1. The largest absolute Gasteiger partial charge is 0.379 e. The summed E-state index contributed by atoms with van der Waals surface area (Å²) in [6, 6.07) is 0. The van der Waals surface area contributed by atoms with E-state index in [1.807, 2.05) is 0 Å². The van der Waals surface area contributed by atoms with E-state index in [0.717, 1.165) is 26.1 Å². The zero-order valence-corrected chi connectivity index (χ0v) is 9.84. The SMILES string of the molecule is CCCOCCOCCC(C)(C)CN. The lowest BCUT2D eigenvalue weighted by Crippen LogP contribution is -2.25. The van der Waals surface area contributed by atoms with Gasteiger partial charge in [-0.05, 0) is 24.8 Å². The van der Waals surface area contributed by atoms with Gasteiger partial charge in [-0.1, -0.05) is 20.8 Å². The summed E-state index contributed by atoms with van der Waals surface area (Å²) in [6.07, 6.45) is 2.08. The molecule has 0 saturated heterocycles. The standard InChI is InChI=1S/C11H25NO2/c1-4-6-13-8-9-14-7-5-11(2,3)10-12/h4-10,12H2,1-3H3. The van der Waals surface area contributed by atoms with Crippen molar-refractivity contribution in [3.63, 3.8) is 0 Å². The van der Waals surface area contributed by atoms with Gasteiger partial charge in [0, 0.05) is 13.2 Å². The highest BCUT2D eigenvalue weighted by molar-refractivity contribution is 4.68. The van der Waals surface area contributed by atoms with Crippen LogP contribution in [0.2, 0.25) is 0 Å². The van der Waals surface area contributed by atoms with Crippen molar-refractivity contribution in [2.24, 2.45) is 11.1 Å². The fourth-order valence-electron chi connectivity index (χ4n) is 0.917. The van der Waals surface area contributed by atoms with Gasteiger partial charge in [0.05, 0.1) is 13.2 Å². The Balaban J connectivity index is 3.13. The maximum absolute atomic E-state index is 5.61. The van der Waals surface area contributed by atoms with Gasteiger partial charge in [0.2, 0.25) is 0 Å². The van der Waals surface area contributed by atoms with Gasteiger partial charge in [-0.25, -0.2) is 0 Å². The highest BCUT2D eigenvalue weighted by atomic mass is 16.5. The minimum atomic E-state index is 0.199. The minimum Gasteiger partial charge on any atom is -0.379 e. The van der Waals surface area contributed by atoms with Crippen LogP contribution in [-0.2, 0) is 9.47 Å². The molecule has 0 atom stereocenters. The quantitative estimate of drug-likeness (QED) is 0.581. The average Bonchev–Trinajstić information content (AvgIpc) is 2.16. The summed E-state index contributed by atoms with van der Waals surface area (Å²) in [5.74, 6) is 0. The number of nitrogens with two attached hydrogens (primary N) is 1. The molecule has 0 aromatic carbocycles. The van der Waals surface area contributed by atoms with E-state index in [-0.39, 0.29) is 5.41 Å². The van der Waals surface area contributed by atoms with Gasteiger partial charge in [0.15, 0.2) is 0 Å². The summed E-state index contributed by atoms with van der Waals surface area (Å²) in [5.41, 5.74) is 5.81. The molecule has 0 aromatic heterocycles. The highest BCUT2D eigenvalue weighted by Gasteiger charge is 2.14. The van der Waals surface area contributed by atoms with E-state index < -0.39 is 0 Å². The molecule has 0 aromatic rings. The van der Waals surface area contributed by atoms with Crippen LogP contribution in [-0.4, -0.2) is 33.0 Å². The van der Waals surface area contributed by atoms with Crippen LogP contribution in [0, 0.1) is 5.41 Å². The van der Waals surface area contributed by atoms with Crippen molar-refractivity contribution in [3.8, 4) is 0 Å². The van der Waals surface area contributed by atoms with Crippen LogP contribution >= 0.6 is 0 Å². The van der Waals surface area contributed by atoms with E-state index >= 15 is 0 Å². The third kappa shape index (κ3) is 8.48. The van der Waals surface area contributed by atoms with Gasteiger partial charge < -0.3 is 15.2 Å². The molecule has 0 radical (unpaired) electrons. The zero-order chi connectivity index (χ0) is 10.9. The molecular formula is C11H25NO2. The first-order valence-electron chi connectivity index (χ1n) is 5.48. The fourth-order valence-corrected chi connectivity index (χ4v) is 0.917. The van der Waals surface area contributed by atoms with Gasteiger partial charge >= 0.3 is 0 Å². The number of rotatable bonds is 9.